The van der Waals surface area contributed by atoms with Gasteiger partial charge in [0.25, 0.3) is 0 Å². The average Bonchev–Trinajstić information content (AvgIpc) is 2.97. The maximum atomic E-state index is 11.8. The zero-order valence-corrected chi connectivity index (χ0v) is 12.9. The van der Waals surface area contributed by atoms with Crippen molar-refractivity contribution in [3.63, 3.8) is 0 Å². The monoisotopic (exact) mass is 311 g/mol. The molecule has 0 radical (unpaired) electrons. The molecule has 3 rings (SSSR count). The van der Waals surface area contributed by atoms with Gasteiger partial charge in [0.15, 0.2) is 0 Å². The van der Waals surface area contributed by atoms with Crippen LogP contribution in [0.15, 0.2) is 54.0 Å². The second-order valence-electron chi connectivity index (χ2n) is 4.94. The molecule has 5 heteroatoms. The highest BCUT2D eigenvalue weighted by atomic mass is 32.1. The molecule has 1 aromatic carbocycles. The Bertz CT molecular complexity index is 755. The Morgan fingerprint density at radius 3 is 2.82 bits per heavy atom. The molecule has 0 unspecified atom stereocenters. The Labute approximate surface area is 133 Å². The zero-order valence-electron chi connectivity index (χ0n) is 12.1. The van der Waals surface area contributed by atoms with E-state index in [0.717, 1.165) is 12.1 Å². The van der Waals surface area contributed by atoms with Crippen LogP contribution in [0.5, 0.6) is 0 Å². The van der Waals surface area contributed by atoms with E-state index < -0.39 is 0 Å². The van der Waals surface area contributed by atoms with Crippen molar-refractivity contribution < 1.29 is 4.79 Å². The Balaban J connectivity index is 1.45. The number of urea groups is 1. The lowest BCUT2D eigenvalue weighted by atomic mass is 10.1. The zero-order chi connectivity index (χ0) is 15.2. The number of fused-ring (bicyclic) bond motifs is 1. The summed E-state index contributed by atoms with van der Waals surface area (Å²) in [7, 11) is 0. The molecule has 112 valence electrons. The number of thiophene rings is 1. The van der Waals surface area contributed by atoms with Crippen LogP contribution in [0.1, 0.15) is 11.3 Å². The number of carbonyl (C=O) groups excluding carboxylic acids is 1. The molecule has 0 fully saturated rings. The van der Waals surface area contributed by atoms with Crippen molar-refractivity contribution in [2.75, 3.05) is 6.54 Å². The number of pyridine rings is 1. The third-order valence-electron chi connectivity index (χ3n) is 3.40. The van der Waals surface area contributed by atoms with Crippen LogP contribution in [0.25, 0.3) is 10.1 Å². The van der Waals surface area contributed by atoms with Crippen molar-refractivity contribution in [2.45, 2.75) is 13.0 Å². The number of aromatic nitrogens is 1. The summed E-state index contributed by atoms with van der Waals surface area (Å²) in [5, 5.41) is 9.13. The molecule has 3 aromatic rings. The van der Waals surface area contributed by atoms with Gasteiger partial charge in [-0.2, -0.15) is 0 Å². The maximum absolute atomic E-state index is 11.8. The summed E-state index contributed by atoms with van der Waals surface area (Å²) >= 11 is 1.74. The van der Waals surface area contributed by atoms with Gasteiger partial charge in [-0.15, -0.1) is 11.3 Å². The second kappa shape index (κ2) is 7.04. The smallest absolute Gasteiger partial charge is 0.315 e. The molecule has 0 aliphatic carbocycles. The number of hydrogen-bond donors (Lipinski definition) is 2. The number of hydrogen-bond acceptors (Lipinski definition) is 3. The van der Waals surface area contributed by atoms with E-state index in [1.807, 2.05) is 30.3 Å². The minimum atomic E-state index is -0.162. The van der Waals surface area contributed by atoms with Crippen molar-refractivity contribution in [3.05, 3.63) is 65.3 Å². The molecular formula is C17H17N3OS. The van der Waals surface area contributed by atoms with E-state index in [4.69, 9.17) is 0 Å². The molecule has 0 spiro atoms. The van der Waals surface area contributed by atoms with Crippen LogP contribution in [0.4, 0.5) is 4.79 Å². The number of nitrogens with zero attached hydrogens (tertiary/aromatic N) is 1. The van der Waals surface area contributed by atoms with Crippen molar-refractivity contribution in [2.24, 2.45) is 0 Å². The lowest BCUT2D eigenvalue weighted by Crippen LogP contribution is -2.36. The first-order chi connectivity index (χ1) is 10.8. The summed E-state index contributed by atoms with van der Waals surface area (Å²) in [5.41, 5.74) is 2.13. The lowest BCUT2D eigenvalue weighted by Gasteiger charge is -2.07. The SMILES string of the molecule is O=C(NCCc1csc2ccccc12)NCc1ccccn1. The van der Waals surface area contributed by atoms with E-state index in [1.54, 1.807) is 17.5 Å². The van der Waals surface area contributed by atoms with Crippen LogP contribution >= 0.6 is 11.3 Å². The van der Waals surface area contributed by atoms with Crippen LogP contribution in [-0.2, 0) is 13.0 Å². The molecule has 0 aliphatic rings. The fraction of sp³-hybridized carbons (Fsp3) is 0.176. The highest BCUT2D eigenvalue weighted by molar-refractivity contribution is 7.17. The van der Waals surface area contributed by atoms with Gasteiger partial charge >= 0.3 is 6.03 Å². The van der Waals surface area contributed by atoms with Crippen molar-refractivity contribution in [1.82, 2.24) is 15.6 Å². The first kappa shape index (κ1) is 14.5. The predicted molar refractivity (Wildman–Crippen MR) is 90.0 cm³/mol. The fourth-order valence-electron chi connectivity index (χ4n) is 2.27. The Hall–Kier alpha value is -2.40. The van der Waals surface area contributed by atoms with Crippen molar-refractivity contribution in [3.8, 4) is 0 Å². The van der Waals surface area contributed by atoms with E-state index in [1.165, 1.54) is 15.6 Å². The summed E-state index contributed by atoms with van der Waals surface area (Å²) in [6, 6.07) is 13.8. The minimum absolute atomic E-state index is 0.162. The molecule has 0 atom stereocenters. The Morgan fingerprint density at radius 1 is 1.09 bits per heavy atom. The quantitative estimate of drug-likeness (QED) is 0.759. The number of amides is 2. The predicted octanol–water partition coefficient (Wildman–Crippen LogP) is 3.34. The van der Waals surface area contributed by atoms with Gasteiger partial charge in [0.2, 0.25) is 0 Å². The number of nitrogens with one attached hydrogen (secondary N) is 2. The largest absolute Gasteiger partial charge is 0.338 e. The fourth-order valence-corrected chi connectivity index (χ4v) is 3.27. The van der Waals surface area contributed by atoms with Gasteiger partial charge in [-0.1, -0.05) is 24.3 Å². The van der Waals surface area contributed by atoms with E-state index >= 15 is 0 Å². The van der Waals surface area contributed by atoms with Gasteiger partial charge in [-0.25, -0.2) is 4.79 Å². The van der Waals surface area contributed by atoms with Gasteiger partial charge in [0, 0.05) is 17.4 Å². The van der Waals surface area contributed by atoms with Crippen LogP contribution in [0.3, 0.4) is 0 Å². The van der Waals surface area contributed by atoms with Crippen LogP contribution in [0, 0.1) is 0 Å². The van der Waals surface area contributed by atoms with Gasteiger partial charge in [-0.3, -0.25) is 4.98 Å². The normalized spacial score (nSPS) is 10.5. The Kier molecular flexibility index (Phi) is 4.65. The standard InChI is InChI=1S/C17H17N3OS/c21-17(20-11-14-5-3-4-9-18-14)19-10-8-13-12-22-16-7-2-1-6-15(13)16/h1-7,9,12H,8,10-11H2,(H2,19,20,21). The van der Waals surface area contributed by atoms with E-state index in [0.29, 0.717) is 13.1 Å². The van der Waals surface area contributed by atoms with Crippen molar-refractivity contribution >= 4 is 27.5 Å². The molecule has 2 aromatic heterocycles. The molecule has 0 bridgehead atoms. The average molecular weight is 311 g/mol. The topological polar surface area (TPSA) is 54.0 Å². The van der Waals surface area contributed by atoms with Crippen LogP contribution in [-0.4, -0.2) is 17.6 Å². The first-order valence-corrected chi connectivity index (χ1v) is 8.07. The number of benzene rings is 1. The third-order valence-corrected chi connectivity index (χ3v) is 4.41. The summed E-state index contributed by atoms with van der Waals surface area (Å²) in [6.45, 7) is 1.06. The summed E-state index contributed by atoms with van der Waals surface area (Å²) in [6.07, 6.45) is 2.55. The molecule has 4 nitrogen and oxygen atoms in total. The first-order valence-electron chi connectivity index (χ1n) is 7.19. The molecular weight excluding hydrogens is 294 g/mol. The number of rotatable bonds is 5. The lowest BCUT2D eigenvalue weighted by molar-refractivity contribution is 0.240. The van der Waals surface area contributed by atoms with E-state index in [-0.39, 0.29) is 6.03 Å². The summed E-state index contributed by atoms with van der Waals surface area (Å²) < 4.78 is 1.29. The van der Waals surface area contributed by atoms with Gasteiger partial charge < -0.3 is 10.6 Å². The molecule has 2 heterocycles. The van der Waals surface area contributed by atoms with Crippen LogP contribution < -0.4 is 10.6 Å². The number of carbonyl (C=O) groups is 1. The van der Waals surface area contributed by atoms with Gasteiger partial charge in [0.1, 0.15) is 0 Å². The summed E-state index contributed by atoms with van der Waals surface area (Å²) in [4.78, 5) is 15.9. The Morgan fingerprint density at radius 2 is 1.95 bits per heavy atom. The van der Waals surface area contributed by atoms with E-state index in [2.05, 4.69) is 33.1 Å². The molecule has 2 amide bonds. The highest BCUT2D eigenvalue weighted by Gasteiger charge is 2.04. The third kappa shape index (κ3) is 3.62. The maximum Gasteiger partial charge on any atom is 0.315 e. The summed E-state index contributed by atoms with van der Waals surface area (Å²) in [5.74, 6) is 0. The molecule has 2 N–H and O–H groups in total. The molecule has 0 saturated carbocycles. The molecule has 0 saturated heterocycles. The highest BCUT2D eigenvalue weighted by Crippen LogP contribution is 2.25. The van der Waals surface area contributed by atoms with Crippen molar-refractivity contribution in [1.29, 1.82) is 0 Å². The van der Waals surface area contributed by atoms with E-state index in [9.17, 15) is 4.79 Å². The van der Waals surface area contributed by atoms with Gasteiger partial charge in [0.05, 0.1) is 12.2 Å². The molecule has 0 aliphatic heterocycles. The van der Waals surface area contributed by atoms with Crippen LogP contribution in [0.2, 0.25) is 0 Å². The minimum Gasteiger partial charge on any atom is -0.338 e. The van der Waals surface area contributed by atoms with Gasteiger partial charge in [-0.05, 0) is 40.9 Å². The molecule has 22 heavy (non-hydrogen) atoms. The second-order valence-corrected chi connectivity index (χ2v) is 5.85.